The van der Waals surface area contributed by atoms with Crippen LogP contribution >= 0.6 is 11.3 Å². The smallest absolute Gasteiger partial charge is 0.110 e. The zero-order chi connectivity index (χ0) is 12.1. The van der Waals surface area contributed by atoms with Crippen molar-refractivity contribution < 1.29 is 0 Å². The number of aromatic nitrogens is 3. The fourth-order valence-electron chi connectivity index (χ4n) is 1.80. The molecule has 0 fully saturated rings. The molecule has 3 N–H and O–H groups in total. The van der Waals surface area contributed by atoms with E-state index in [4.69, 9.17) is 5.84 Å². The van der Waals surface area contributed by atoms with Crippen LogP contribution in [0.3, 0.4) is 0 Å². The van der Waals surface area contributed by atoms with Crippen LogP contribution < -0.4 is 11.3 Å². The van der Waals surface area contributed by atoms with E-state index in [2.05, 4.69) is 26.9 Å². The quantitative estimate of drug-likeness (QED) is 0.603. The fraction of sp³-hybridized carbons (Fsp3) is 0.455. The molecule has 0 aliphatic heterocycles. The molecule has 0 aromatic carbocycles. The molecule has 2 aromatic heterocycles. The van der Waals surface area contributed by atoms with Gasteiger partial charge < -0.3 is 4.57 Å². The third-order valence-electron chi connectivity index (χ3n) is 2.66. The predicted octanol–water partition coefficient (Wildman–Crippen LogP) is 1.50. The Hall–Kier alpha value is -1.24. The van der Waals surface area contributed by atoms with E-state index in [1.165, 1.54) is 0 Å². The second-order valence-corrected chi connectivity index (χ2v) is 4.59. The number of aryl methyl sites for hydroxylation is 1. The zero-order valence-corrected chi connectivity index (χ0v) is 10.7. The molecule has 0 aliphatic rings. The average Bonchev–Trinajstić information content (AvgIpc) is 2.97. The Bertz CT molecular complexity index is 436. The minimum absolute atomic E-state index is 0.0271. The highest BCUT2D eigenvalue weighted by molar-refractivity contribution is 7.07. The van der Waals surface area contributed by atoms with Gasteiger partial charge in [-0.05, 0) is 6.42 Å². The minimum Gasteiger partial charge on any atom is -0.335 e. The molecule has 0 saturated heterocycles. The van der Waals surface area contributed by atoms with Gasteiger partial charge in [-0.3, -0.25) is 11.3 Å². The highest BCUT2D eigenvalue weighted by Crippen LogP contribution is 2.17. The van der Waals surface area contributed by atoms with Crippen LogP contribution in [-0.4, -0.2) is 14.5 Å². The van der Waals surface area contributed by atoms with E-state index >= 15 is 0 Å². The average molecular weight is 251 g/mol. The zero-order valence-electron chi connectivity index (χ0n) is 9.84. The molecule has 5 nitrogen and oxygen atoms in total. The number of hydrogen-bond acceptors (Lipinski definition) is 5. The summed E-state index contributed by atoms with van der Waals surface area (Å²) in [6.45, 7) is 3.15. The molecule has 2 aromatic rings. The van der Waals surface area contributed by atoms with Gasteiger partial charge in [0.2, 0.25) is 0 Å². The Labute approximate surface area is 105 Å². The van der Waals surface area contributed by atoms with Crippen LogP contribution in [0.1, 0.15) is 30.9 Å². The van der Waals surface area contributed by atoms with Crippen molar-refractivity contribution in [2.24, 2.45) is 5.84 Å². The Kier molecular flexibility index (Phi) is 4.24. The molecule has 92 valence electrons. The molecule has 0 bridgehead atoms. The lowest BCUT2D eigenvalue weighted by atomic mass is 10.1. The van der Waals surface area contributed by atoms with Crippen molar-refractivity contribution >= 4 is 11.3 Å². The van der Waals surface area contributed by atoms with Crippen LogP contribution in [0.2, 0.25) is 0 Å². The summed E-state index contributed by atoms with van der Waals surface area (Å²) in [6, 6.07) is 0.0271. The van der Waals surface area contributed by atoms with Crippen molar-refractivity contribution in [3.63, 3.8) is 0 Å². The molecule has 6 heteroatoms. The normalized spacial score (nSPS) is 12.8. The SMILES string of the molecule is CCCn1ccnc1CC(NN)c1cscn1. The highest BCUT2D eigenvalue weighted by atomic mass is 32.1. The predicted molar refractivity (Wildman–Crippen MR) is 68.4 cm³/mol. The number of nitrogens with one attached hydrogen (secondary N) is 1. The van der Waals surface area contributed by atoms with Gasteiger partial charge in [0.05, 0.1) is 17.2 Å². The summed E-state index contributed by atoms with van der Waals surface area (Å²) in [5.74, 6) is 6.63. The monoisotopic (exact) mass is 251 g/mol. The Morgan fingerprint density at radius 1 is 1.53 bits per heavy atom. The number of hydrogen-bond donors (Lipinski definition) is 2. The first-order chi connectivity index (χ1) is 8.35. The van der Waals surface area contributed by atoms with Gasteiger partial charge >= 0.3 is 0 Å². The van der Waals surface area contributed by atoms with Crippen LogP contribution in [0, 0.1) is 0 Å². The largest absolute Gasteiger partial charge is 0.335 e. The standard InChI is InChI=1S/C11H17N5S/c1-2-4-16-5-3-13-11(16)6-9(15-12)10-7-17-8-14-10/h3,5,7-9,15H,2,4,6,12H2,1H3. The molecule has 0 amide bonds. The van der Waals surface area contributed by atoms with Gasteiger partial charge in [0, 0.05) is 30.7 Å². The van der Waals surface area contributed by atoms with E-state index in [1.807, 2.05) is 23.3 Å². The van der Waals surface area contributed by atoms with E-state index in [1.54, 1.807) is 11.3 Å². The molecular formula is C11H17N5S. The van der Waals surface area contributed by atoms with Crippen LogP contribution in [0.15, 0.2) is 23.3 Å². The van der Waals surface area contributed by atoms with Gasteiger partial charge in [0.1, 0.15) is 5.82 Å². The van der Waals surface area contributed by atoms with Gasteiger partial charge in [0.25, 0.3) is 0 Å². The Morgan fingerprint density at radius 2 is 2.41 bits per heavy atom. The van der Waals surface area contributed by atoms with Crippen molar-refractivity contribution in [1.82, 2.24) is 20.0 Å². The Morgan fingerprint density at radius 3 is 3.06 bits per heavy atom. The molecule has 2 rings (SSSR count). The molecule has 17 heavy (non-hydrogen) atoms. The summed E-state index contributed by atoms with van der Waals surface area (Å²) in [7, 11) is 0. The van der Waals surface area contributed by atoms with E-state index < -0.39 is 0 Å². The van der Waals surface area contributed by atoms with Crippen LogP contribution in [0.5, 0.6) is 0 Å². The second kappa shape index (κ2) is 5.90. The first-order valence-electron chi connectivity index (χ1n) is 5.69. The maximum atomic E-state index is 5.58. The summed E-state index contributed by atoms with van der Waals surface area (Å²) in [6.07, 6.45) is 5.70. The van der Waals surface area contributed by atoms with Crippen LogP contribution in [0.4, 0.5) is 0 Å². The third-order valence-corrected chi connectivity index (χ3v) is 3.27. The van der Waals surface area contributed by atoms with Gasteiger partial charge in [-0.25, -0.2) is 9.97 Å². The van der Waals surface area contributed by atoms with Crippen LogP contribution in [-0.2, 0) is 13.0 Å². The summed E-state index contributed by atoms with van der Waals surface area (Å²) < 4.78 is 2.16. The number of rotatable bonds is 6. The van der Waals surface area contributed by atoms with Gasteiger partial charge in [0.15, 0.2) is 0 Å². The van der Waals surface area contributed by atoms with Gasteiger partial charge in [-0.2, -0.15) is 0 Å². The topological polar surface area (TPSA) is 68.8 Å². The van der Waals surface area contributed by atoms with Crippen molar-refractivity contribution in [2.75, 3.05) is 0 Å². The van der Waals surface area contributed by atoms with E-state index in [9.17, 15) is 0 Å². The molecule has 2 heterocycles. The minimum atomic E-state index is 0.0271. The van der Waals surface area contributed by atoms with E-state index in [-0.39, 0.29) is 6.04 Å². The van der Waals surface area contributed by atoms with Crippen molar-refractivity contribution in [3.05, 3.63) is 34.8 Å². The molecule has 1 atom stereocenters. The summed E-state index contributed by atoms with van der Waals surface area (Å²) >= 11 is 1.58. The van der Waals surface area contributed by atoms with Gasteiger partial charge in [-0.15, -0.1) is 11.3 Å². The molecule has 0 saturated carbocycles. The Balaban J connectivity index is 2.10. The second-order valence-electron chi connectivity index (χ2n) is 3.87. The molecule has 0 spiro atoms. The lowest BCUT2D eigenvalue weighted by Gasteiger charge is -2.14. The van der Waals surface area contributed by atoms with Crippen molar-refractivity contribution in [1.29, 1.82) is 0 Å². The van der Waals surface area contributed by atoms with Gasteiger partial charge in [-0.1, -0.05) is 6.92 Å². The first-order valence-corrected chi connectivity index (χ1v) is 6.63. The highest BCUT2D eigenvalue weighted by Gasteiger charge is 2.15. The number of nitrogens with two attached hydrogens (primary N) is 1. The van der Waals surface area contributed by atoms with Crippen molar-refractivity contribution in [2.45, 2.75) is 32.4 Å². The van der Waals surface area contributed by atoms with Crippen LogP contribution in [0.25, 0.3) is 0 Å². The molecule has 1 unspecified atom stereocenters. The number of thiazole rings is 1. The lowest BCUT2D eigenvalue weighted by molar-refractivity contribution is 0.509. The summed E-state index contributed by atoms with van der Waals surface area (Å²) in [5.41, 5.74) is 5.60. The molecule has 0 radical (unpaired) electrons. The van der Waals surface area contributed by atoms with Crippen molar-refractivity contribution in [3.8, 4) is 0 Å². The number of imidazole rings is 1. The lowest BCUT2D eigenvalue weighted by Crippen LogP contribution is -2.30. The maximum Gasteiger partial charge on any atom is 0.110 e. The number of hydrazine groups is 1. The molecule has 0 aliphatic carbocycles. The maximum absolute atomic E-state index is 5.58. The van der Waals surface area contributed by atoms with E-state index in [0.717, 1.165) is 30.9 Å². The third kappa shape index (κ3) is 2.91. The first kappa shape index (κ1) is 12.2. The summed E-state index contributed by atoms with van der Waals surface area (Å²) in [5, 5.41) is 2.01. The molecular weight excluding hydrogens is 234 g/mol. The summed E-state index contributed by atoms with van der Waals surface area (Å²) in [4.78, 5) is 8.66. The fourth-order valence-corrected chi connectivity index (χ4v) is 2.41. The van der Waals surface area contributed by atoms with E-state index in [0.29, 0.717) is 0 Å². The number of nitrogens with zero attached hydrogens (tertiary/aromatic N) is 3.